The van der Waals surface area contributed by atoms with Gasteiger partial charge >= 0.3 is 0 Å². The zero-order chi connectivity index (χ0) is 17.5. The van der Waals surface area contributed by atoms with Gasteiger partial charge in [0.1, 0.15) is 6.61 Å². The molecule has 0 radical (unpaired) electrons. The predicted octanol–water partition coefficient (Wildman–Crippen LogP) is 3.53. The molecule has 0 amide bonds. The van der Waals surface area contributed by atoms with Crippen LogP contribution < -0.4 is 10.1 Å². The highest BCUT2D eigenvalue weighted by atomic mass is 19.1. The van der Waals surface area contributed by atoms with Crippen molar-refractivity contribution in [3.8, 4) is 11.9 Å². The largest absolute Gasteiger partial charge is 0.473 e. The first kappa shape index (κ1) is 17.2. The Morgan fingerprint density at radius 3 is 2.68 bits per heavy atom. The molecule has 0 bridgehead atoms. The number of nitrogens with one attached hydrogen (secondary N) is 1. The summed E-state index contributed by atoms with van der Waals surface area (Å²) in [6, 6.07) is 14.9. The number of hydrogen-bond donors (Lipinski definition) is 1. The summed E-state index contributed by atoms with van der Waals surface area (Å²) >= 11 is 0. The molecule has 2 aromatic rings. The molecule has 25 heavy (non-hydrogen) atoms. The Hall–Kier alpha value is -2.65. The van der Waals surface area contributed by atoms with Gasteiger partial charge in [-0.2, -0.15) is 10.2 Å². The predicted molar refractivity (Wildman–Crippen MR) is 91.6 cm³/mol. The van der Waals surface area contributed by atoms with Crippen molar-refractivity contribution in [2.24, 2.45) is 5.41 Å². The van der Waals surface area contributed by atoms with Gasteiger partial charge in [0.25, 0.3) is 0 Å². The van der Waals surface area contributed by atoms with Gasteiger partial charge in [0.15, 0.2) is 11.6 Å². The number of benzene rings is 1. The van der Waals surface area contributed by atoms with E-state index in [1.807, 2.05) is 30.3 Å². The SMILES string of the molecule is N#CC1(CNc2nc(OCc3ccccc3)ccc2F)CCOCC1. The third kappa shape index (κ3) is 4.46. The van der Waals surface area contributed by atoms with Crippen LogP contribution in [-0.4, -0.2) is 24.7 Å². The van der Waals surface area contributed by atoms with Crippen LogP contribution in [0, 0.1) is 22.6 Å². The molecular weight excluding hydrogens is 321 g/mol. The van der Waals surface area contributed by atoms with Crippen LogP contribution in [0.3, 0.4) is 0 Å². The summed E-state index contributed by atoms with van der Waals surface area (Å²) in [6.07, 6.45) is 1.25. The van der Waals surface area contributed by atoms with E-state index in [1.54, 1.807) is 0 Å². The van der Waals surface area contributed by atoms with Gasteiger partial charge < -0.3 is 14.8 Å². The standard InChI is InChI=1S/C19H20FN3O2/c20-16-6-7-17(25-12-15-4-2-1-3-5-15)23-18(16)22-14-19(13-21)8-10-24-11-9-19/h1-7H,8-12,14H2,(H,22,23). The molecule has 3 rings (SSSR count). The summed E-state index contributed by atoms with van der Waals surface area (Å²) in [4.78, 5) is 4.19. The smallest absolute Gasteiger partial charge is 0.215 e. The first-order valence-corrected chi connectivity index (χ1v) is 8.27. The number of pyridine rings is 1. The van der Waals surface area contributed by atoms with Crippen molar-refractivity contribution in [1.82, 2.24) is 4.98 Å². The lowest BCUT2D eigenvalue weighted by molar-refractivity contribution is 0.0455. The van der Waals surface area contributed by atoms with Crippen LogP contribution in [0.4, 0.5) is 10.2 Å². The summed E-state index contributed by atoms with van der Waals surface area (Å²) in [5, 5.41) is 12.4. The summed E-state index contributed by atoms with van der Waals surface area (Å²) in [7, 11) is 0. The number of halogens is 1. The second-order valence-electron chi connectivity index (χ2n) is 6.11. The van der Waals surface area contributed by atoms with Gasteiger partial charge in [-0.3, -0.25) is 0 Å². The first-order chi connectivity index (χ1) is 12.2. The van der Waals surface area contributed by atoms with Gasteiger partial charge in [0.05, 0.1) is 11.5 Å². The number of aromatic nitrogens is 1. The van der Waals surface area contributed by atoms with Crippen molar-refractivity contribution in [2.45, 2.75) is 19.4 Å². The molecule has 5 nitrogen and oxygen atoms in total. The van der Waals surface area contributed by atoms with E-state index < -0.39 is 11.2 Å². The third-order valence-electron chi connectivity index (χ3n) is 4.33. The molecule has 0 spiro atoms. The molecule has 0 aliphatic carbocycles. The van der Waals surface area contributed by atoms with Crippen LogP contribution >= 0.6 is 0 Å². The molecular formula is C19H20FN3O2. The van der Waals surface area contributed by atoms with E-state index in [4.69, 9.17) is 9.47 Å². The minimum Gasteiger partial charge on any atom is -0.473 e. The first-order valence-electron chi connectivity index (χ1n) is 8.27. The van der Waals surface area contributed by atoms with Crippen LogP contribution in [0.15, 0.2) is 42.5 Å². The van der Waals surface area contributed by atoms with Crippen molar-refractivity contribution < 1.29 is 13.9 Å². The number of nitrogens with zero attached hydrogens (tertiary/aromatic N) is 2. The van der Waals surface area contributed by atoms with E-state index in [2.05, 4.69) is 16.4 Å². The number of rotatable bonds is 6. The molecule has 1 N–H and O–H groups in total. The van der Waals surface area contributed by atoms with Gasteiger partial charge in [0, 0.05) is 25.8 Å². The minimum atomic E-state index is -0.548. The summed E-state index contributed by atoms with van der Waals surface area (Å²) in [5.74, 6) is -0.0235. The lowest BCUT2D eigenvalue weighted by Crippen LogP contribution is -2.35. The summed E-state index contributed by atoms with van der Waals surface area (Å²) in [6.45, 7) is 1.79. The normalized spacial score (nSPS) is 16.0. The number of hydrogen-bond acceptors (Lipinski definition) is 5. The summed E-state index contributed by atoms with van der Waals surface area (Å²) < 4.78 is 25.0. The monoisotopic (exact) mass is 341 g/mol. The Labute approximate surface area is 146 Å². The van der Waals surface area contributed by atoms with Gasteiger partial charge in [0.2, 0.25) is 5.88 Å². The number of ether oxygens (including phenoxy) is 2. The van der Waals surface area contributed by atoms with E-state index in [0.717, 1.165) is 5.56 Å². The fourth-order valence-electron chi connectivity index (χ4n) is 2.70. The topological polar surface area (TPSA) is 67.2 Å². The second-order valence-corrected chi connectivity index (χ2v) is 6.11. The lowest BCUT2D eigenvalue weighted by Gasteiger charge is -2.30. The van der Waals surface area contributed by atoms with E-state index >= 15 is 0 Å². The van der Waals surface area contributed by atoms with Crippen LogP contribution in [-0.2, 0) is 11.3 Å². The molecule has 0 unspecified atom stereocenters. The number of nitriles is 1. The fourth-order valence-corrected chi connectivity index (χ4v) is 2.70. The molecule has 2 heterocycles. The second kappa shape index (κ2) is 7.95. The van der Waals surface area contributed by atoms with Crippen molar-refractivity contribution in [2.75, 3.05) is 25.1 Å². The molecule has 1 aliphatic heterocycles. The average molecular weight is 341 g/mol. The maximum Gasteiger partial charge on any atom is 0.215 e. The Morgan fingerprint density at radius 2 is 1.96 bits per heavy atom. The maximum absolute atomic E-state index is 14.0. The molecule has 1 saturated heterocycles. The molecule has 1 fully saturated rings. The van der Waals surface area contributed by atoms with Crippen LogP contribution in [0.5, 0.6) is 5.88 Å². The van der Waals surface area contributed by atoms with Crippen molar-refractivity contribution in [3.05, 3.63) is 53.8 Å². The fraction of sp³-hybridized carbons (Fsp3) is 0.368. The molecule has 1 aromatic carbocycles. The molecule has 0 saturated carbocycles. The van der Waals surface area contributed by atoms with E-state index in [-0.39, 0.29) is 5.82 Å². The van der Waals surface area contributed by atoms with Gasteiger partial charge in [-0.25, -0.2) is 4.39 Å². The lowest BCUT2D eigenvalue weighted by atomic mass is 9.82. The Kier molecular flexibility index (Phi) is 5.46. The third-order valence-corrected chi connectivity index (χ3v) is 4.33. The van der Waals surface area contributed by atoms with Crippen molar-refractivity contribution >= 4 is 5.82 Å². The van der Waals surface area contributed by atoms with Gasteiger partial charge in [-0.1, -0.05) is 30.3 Å². The average Bonchev–Trinajstić information content (AvgIpc) is 2.68. The van der Waals surface area contributed by atoms with E-state index in [1.165, 1.54) is 12.1 Å². The van der Waals surface area contributed by atoms with Gasteiger partial charge in [-0.15, -0.1) is 0 Å². The van der Waals surface area contributed by atoms with Crippen molar-refractivity contribution in [1.29, 1.82) is 5.26 Å². The van der Waals surface area contributed by atoms with E-state index in [0.29, 0.717) is 45.1 Å². The highest BCUT2D eigenvalue weighted by molar-refractivity contribution is 5.40. The summed E-state index contributed by atoms with van der Waals surface area (Å²) in [5.41, 5.74) is 0.460. The Morgan fingerprint density at radius 1 is 1.20 bits per heavy atom. The Bertz CT molecular complexity index is 740. The van der Waals surface area contributed by atoms with Crippen LogP contribution in [0.25, 0.3) is 0 Å². The molecule has 1 aromatic heterocycles. The Balaban J connectivity index is 1.64. The quantitative estimate of drug-likeness (QED) is 0.870. The molecule has 6 heteroatoms. The number of anilines is 1. The van der Waals surface area contributed by atoms with Crippen LogP contribution in [0.2, 0.25) is 0 Å². The zero-order valence-corrected chi connectivity index (χ0v) is 13.9. The highest BCUT2D eigenvalue weighted by Crippen LogP contribution is 2.30. The minimum absolute atomic E-state index is 0.103. The molecule has 0 atom stereocenters. The van der Waals surface area contributed by atoms with Crippen molar-refractivity contribution in [3.63, 3.8) is 0 Å². The van der Waals surface area contributed by atoms with Gasteiger partial charge in [-0.05, 0) is 24.5 Å². The molecule has 130 valence electrons. The zero-order valence-electron chi connectivity index (χ0n) is 13.9. The van der Waals surface area contributed by atoms with E-state index in [9.17, 15) is 9.65 Å². The molecule has 1 aliphatic rings. The van der Waals surface area contributed by atoms with Crippen LogP contribution in [0.1, 0.15) is 18.4 Å². The maximum atomic E-state index is 14.0. The highest BCUT2D eigenvalue weighted by Gasteiger charge is 2.32.